The van der Waals surface area contributed by atoms with Crippen LogP contribution in [0.2, 0.25) is 0 Å². The van der Waals surface area contributed by atoms with E-state index in [9.17, 15) is 4.79 Å². The molecule has 0 saturated carbocycles. The molecule has 194 valence electrons. The Morgan fingerprint density at radius 2 is 1.87 bits per heavy atom. The lowest BCUT2D eigenvalue weighted by molar-refractivity contribution is -0.117. The van der Waals surface area contributed by atoms with Crippen LogP contribution in [0.5, 0.6) is 0 Å². The standard InChI is InChI=1S/C29H32N8O/c1-29(2,3)15-24(38)32-20-13-19(16-30-17-20)18-7-8-22-21(14-18)25(36-35-22)27-33-23-9-10-31-28(26(23)34-27)37-11-5-4-6-12-37/h7-10,13-14,16-17H,4-6,11-12,15H2,1-3H3,(H,32,38)(H,33,34)(H,35,36). The van der Waals surface area contributed by atoms with Crippen LogP contribution >= 0.6 is 0 Å². The SMILES string of the molecule is CC(C)(C)CC(=O)Nc1cncc(-c2ccc3[nH]nc(-c4nc5c(N6CCCCC6)nccc5[nH]4)c3c2)c1. The van der Waals surface area contributed by atoms with E-state index in [1.54, 1.807) is 12.4 Å². The van der Waals surface area contributed by atoms with Gasteiger partial charge in [0.2, 0.25) is 5.91 Å². The van der Waals surface area contributed by atoms with Gasteiger partial charge in [-0.3, -0.25) is 14.9 Å². The van der Waals surface area contributed by atoms with Crippen LogP contribution < -0.4 is 10.2 Å². The van der Waals surface area contributed by atoms with Gasteiger partial charge in [0.05, 0.1) is 22.9 Å². The minimum atomic E-state index is -0.0842. The molecule has 3 N–H and O–H groups in total. The van der Waals surface area contributed by atoms with Crippen molar-refractivity contribution < 1.29 is 4.79 Å². The Bertz CT molecular complexity index is 1620. The molecule has 9 nitrogen and oxygen atoms in total. The number of hydrogen-bond acceptors (Lipinski definition) is 6. The maximum atomic E-state index is 12.4. The number of fused-ring (bicyclic) bond motifs is 2. The van der Waals surface area contributed by atoms with Gasteiger partial charge < -0.3 is 15.2 Å². The van der Waals surface area contributed by atoms with Crippen molar-refractivity contribution in [3.05, 3.63) is 48.9 Å². The monoisotopic (exact) mass is 508 g/mol. The highest BCUT2D eigenvalue weighted by atomic mass is 16.1. The summed E-state index contributed by atoms with van der Waals surface area (Å²) in [6, 6.07) is 10.0. The smallest absolute Gasteiger partial charge is 0.224 e. The zero-order valence-electron chi connectivity index (χ0n) is 22.0. The highest BCUT2D eigenvalue weighted by Gasteiger charge is 2.20. The highest BCUT2D eigenvalue weighted by molar-refractivity contribution is 5.97. The first-order valence-corrected chi connectivity index (χ1v) is 13.2. The van der Waals surface area contributed by atoms with E-state index in [1.807, 2.05) is 51.2 Å². The molecule has 38 heavy (non-hydrogen) atoms. The molecule has 0 spiro atoms. The molecule has 1 aliphatic rings. The fourth-order valence-electron chi connectivity index (χ4n) is 5.10. The number of benzene rings is 1. The molecule has 9 heteroatoms. The van der Waals surface area contributed by atoms with Gasteiger partial charge in [-0.2, -0.15) is 5.10 Å². The molecule has 1 fully saturated rings. The first-order chi connectivity index (χ1) is 18.3. The third kappa shape index (κ3) is 4.83. The van der Waals surface area contributed by atoms with E-state index < -0.39 is 0 Å². The van der Waals surface area contributed by atoms with Crippen LogP contribution in [0.25, 0.3) is 44.6 Å². The summed E-state index contributed by atoms with van der Waals surface area (Å²) >= 11 is 0. The van der Waals surface area contributed by atoms with Crippen LogP contribution in [0, 0.1) is 5.41 Å². The van der Waals surface area contributed by atoms with E-state index in [4.69, 9.17) is 4.98 Å². The minimum absolute atomic E-state index is 0.0210. The third-order valence-corrected chi connectivity index (χ3v) is 6.87. The summed E-state index contributed by atoms with van der Waals surface area (Å²) in [7, 11) is 0. The van der Waals surface area contributed by atoms with Crippen LogP contribution in [0.3, 0.4) is 0 Å². The van der Waals surface area contributed by atoms with Crippen molar-refractivity contribution in [2.75, 3.05) is 23.3 Å². The summed E-state index contributed by atoms with van der Waals surface area (Å²) in [6.07, 6.45) is 9.38. The number of pyridine rings is 2. The highest BCUT2D eigenvalue weighted by Crippen LogP contribution is 2.33. The Morgan fingerprint density at radius 1 is 1.03 bits per heavy atom. The molecular formula is C29H32N8O. The van der Waals surface area contributed by atoms with Crippen LogP contribution in [-0.2, 0) is 4.79 Å². The quantitative estimate of drug-likeness (QED) is 0.271. The van der Waals surface area contributed by atoms with E-state index in [-0.39, 0.29) is 11.3 Å². The minimum Gasteiger partial charge on any atom is -0.355 e. The molecule has 4 aromatic heterocycles. The Hall–Kier alpha value is -4.27. The number of aromatic nitrogens is 6. The fourth-order valence-corrected chi connectivity index (χ4v) is 5.10. The number of hydrogen-bond donors (Lipinski definition) is 3. The molecule has 1 saturated heterocycles. The van der Waals surface area contributed by atoms with Crippen LogP contribution in [0.1, 0.15) is 46.5 Å². The van der Waals surface area contributed by atoms with E-state index in [0.717, 1.165) is 57.7 Å². The number of nitrogens with one attached hydrogen (secondary N) is 3. The maximum absolute atomic E-state index is 12.4. The summed E-state index contributed by atoms with van der Waals surface area (Å²) < 4.78 is 0. The van der Waals surface area contributed by atoms with Gasteiger partial charge in [-0.1, -0.05) is 26.8 Å². The second kappa shape index (κ2) is 9.55. The average molecular weight is 509 g/mol. The molecule has 6 rings (SSSR count). The number of rotatable bonds is 5. The molecule has 0 atom stereocenters. The molecule has 0 unspecified atom stereocenters. The molecule has 5 heterocycles. The van der Waals surface area contributed by atoms with Gasteiger partial charge in [0.25, 0.3) is 0 Å². The van der Waals surface area contributed by atoms with Crippen LogP contribution in [0.15, 0.2) is 48.9 Å². The molecule has 5 aromatic rings. The van der Waals surface area contributed by atoms with E-state index in [1.165, 1.54) is 19.3 Å². The van der Waals surface area contributed by atoms with Gasteiger partial charge in [-0.15, -0.1) is 0 Å². The maximum Gasteiger partial charge on any atom is 0.224 e. The van der Waals surface area contributed by atoms with Crippen molar-refractivity contribution >= 4 is 39.3 Å². The molecule has 1 aliphatic heterocycles. The summed E-state index contributed by atoms with van der Waals surface area (Å²) in [5.41, 5.74) is 5.98. The Balaban J connectivity index is 1.33. The third-order valence-electron chi connectivity index (χ3n) is 6.87. The molecule has 0 radical (unpaired) electrons. The number of nitrogens with zero attached hydrogens (tertiary/aromatic N) is 5. The zero-order valence-corrected chi connectivity index (χ0v) is 22.0. The number of piperidine rings is 1. The van der Waals surface area contributed by atoms with Gasteiger partial charge in [-0.25, -0.2) is 9.97 Å². The van der Waals surface area contributed by atoms with E-state index in [0.29, 0.717) is 17.9 Å². The number of aromatic amines is 2. The summed E-state index contributed by atoms with van der Waals surface area (Å²) in [5, 5.41) is 11.7. The number of carbonyl (C=O) groups excluding carboxylic acids is 1. The molecular weight excluding hydrogens is 476 g/mol. The lowest BCUT2D eigenvalue weighted by atomic mass is 9.92. The van der Waals surface area contributed by atoms with Crippen molar-refractivity contribution in [3.63, 3.8) is 0 Å². The van der Waals surface area contributed by atoms with Gasteiger partial charge >= 0.3 is 0 Å². The van der Waals surface area contributed by atoms with E-state index in [2.05, 4.69) is 41.4 Å². The van der Waals surface area contributed by atoms with Gasteiger partial charge in [0.1, 0.15) is 11.2 Å². The first kappa shape index (κ1) is 24.1. The Morgan fingerprint density at radius 3 is 2.68 bits per heavy atom. The van der Waals surface area contributed by atoms with Crippen LogP contribution in [-0.4, -0.2) is 49.1 Å². The molecule has 1 aromatic carbocycles. The van der Waals surface area contributed by atoms with Gasteiger partial charge in [-0.05, 0) is 54.5 Å². The predicted octanol–water partition coefficient (Wildman–Crippen LogP) is 5.93. The topological polar surface area (TPSA) is 115 Å². The predicted molar refractivity (Wildman–Crippen MR) is 151 cm³/mol. The van der Waals surface area contributed by atoms with Crippen molar-refractivity contribution in [1.29, 1.82) is 0 Å². The second-order valence-corrected chi connectivity index (χ2v) is 11.2. The number of amides is 1. The van der Waals surface area contributed by atoms with Crippen LogP contribution in [0.4, 0.5) is 11.5 Å². The van der Waals surface area contributed by atoms with Gasteiger partial charge in [0, 0.05) is 42.9 Å². The fraction of sp³-hybridized carbons (Fsp3) is 0.345. The zero-order chi connectivity index (χ0) is 26.3. The molecule has 1 amide bonds. The average Bonchev–Trinajstić information content (AvgIpc) is 3.51. The molecule has 0 aliphatic carbocycles. The van der Waals surface area contributed by atoms with Crippen molar-refractivity contribution in [2.45, 2.75) is 46.5 Å². The van der Waals surface area contributed by atoms with Crippen molar-refractivity contribution in [2.24, 2.45) is 5.41 Å². The Kier molecular flexibility index (Phi) is 6.06. The van der Waals surface area contributed by atoms with Crippen molar-refractivity contribution in [3.8, 4) is 22.6 Å². The largest absolute Gasteiger partial charge is 0.355 e. The second-order valence-electron chi connectivity index (χ2n) is 11.2. The Labute approximate surface area is 221 Å². The lowest BCUT2D eigenvalue weighted by Gasteiger charge is -2.27. The summed E-state index contributed by atoms with van der Waals surface area (Å²) in [6.45, 7) is 8.16. The number of anilines is 2. The van der Waals surface area contributed by atoms with Gasteiger partial charge in [0.15, 0.2) is 11.6 Å². The first-order valence-electron chi connectivity index (χ1n) is 13.2. The van der Waals surface area contributed by atoms with E-state index >= 15 is 0 Å². The normalized spacial score (nSPS) is 14.3. The number of carbonyl (C=O) groups is 1. The summed E-state index contributed by atoms with van der Waals surface area (Å²) in [5.74, 6) is 1.62. The lowest BCUT2D eigenvalue weighted by Crippen LogP contribution is -2.30. The number of H-pyrrole nitrogens is 2. The summed E-state index contributed by atoms with van der Waals surface area (Å²) in [4.78, 5) is 32.2. The van der Waals surface area contributed by atoms with Crippen molar-refractivity contribution in [1.82, 2.24) is 30.1 Å². The number of imidazole rings is 1. The molecule has 0 bridgehead atoms.